The van der Waals surface area contributed by atoms with Gasteiger partial charge in [0.15, 0.2) is 0 Å². The minimum atomic E-state index is -0.899. The Hall–Kier alpha value is -1.94. The summed E-state index contributed by atoms with van der Waals surface area (Å²) in [5.41, 5.74) is 4.67. The van der Waals surface area contributed by atoms with Crippen molar-refractivity contribution in [3.63, 3.8) is 0 Å². The molecule has 2 heterocycles. The number of allylic oxidation sites excluding steroid dienone is 3. The van der Waals surface area contributed by atoms with Crippen LogP contribution in [0.1, 0.15) is 42.1 Å². The lowest BCUT2D eigenvalue weighted by atomic mass is 9.96. The van der Waals surface area contributed by atoms with E-state index >= 15 is 0 Å². The molecule has 110 valence electrons. The number of rotatable bonds is 1. The molecule has 2 aliphatic carbocycles. The molecule has 0 aromatic heterocycles. The van der Waals surface area contributed by atoms with Crippen molar-refractivity contribution in [3.05, 3.63) is 57.2 Å². The first-order valence-corrected chi connectivity index (χ1v) is 8.45. The molecular formula is C18H14O3S. The lowest BCUT2D eigenvalue weighted by molar-refractivity contribution is -0.130. The molecule has 1 aromatic rings. The Morgan fingerprint density at radius 1 is 1.27 bits per heavy atom. The van der Waals surface area contributed by atoms with E-state index in [0.29, 0.717) is 11.3 Å². The van der Waals surface area contributed by atoms with Crippen LogP contribution in [0.3, 0.4) is 0 Å². The number of thioether (sulfide) groups is 1. The molecule has 5 rings (SSSR count). The van der Waals surface area contributed by atoms with Crippen LogP contribution in [-0.2, 0) is 16.0 Å². The second-order valence-electron chi connectivity index (χ2n) is 6.04. The van der Waals surface area contributed by atoms with E-state index in [2.05, 4.69) is 18.2 Å². The third kappa shape index (κ3) is 1.51. The van der Waals surface area contributed by atoms with Crippen molar-refractivity contribution in [2.75, 3.05) is 0 Å². The van der Waals surface area contributed by atoms with Crippen molar-refractivity contribution >= 4 is 23.3 Å². The van der Waals surface area contributed by atoms with Gasteiger partial charge in [-0.1, -0.05) is 36.0 Å². The Morgan fingerprint density at radius 2 is 2.14 bits per heavy atom. The predicted octanol–water partition coefficient (Wildman–Crippen LogP) is 4.21. The number of benzene rings is 1. The molecule has 22 heavy (non-hydrogen) atoms. The molecule has 4 bridgehead atoms. The Kier molecular flexibility index (Phi) is 2.46. The minimum Gasteiger partial charge on any atom is -0.484 e. The first-order chi connectivity index (χ1) is 10.7. The van der Waals surface area contributed by atoms with Crippen LogP contribution in [0.4, 0.5) is 0 Å². The van der Waals surface area contributed by atoms with E-state index < -0.39 is 5.97 Å². The highest BCUT2D eigenvalue weighted by atomic mass is 32.2. The van der Waals surface area contributed by atoms with Crippen molar-refractivity contribution < 1.29 is 14.6 Å². The summed E-state index contributed by atoms with van der Waals surface area (Å²) in [5.74, 6) is -0.326. The van der Waals surface area contributed by atoms with Crippen LogP contribution in [0.2, 0.25) is 0 Å². The van der Waals surface area contributed by atoms with Gasteiger partial charge in [0.2, 0.25) is 0 Å². The van der Waals surface area contributed by atoms with E-state index in [1.54, 1.807) is 11.8 Å². The summed E-state index contributed by atoms with van der Waals surface area (Å²) in [4.78, 5) is 14.2. The number of carboxylic acids is 1. The number of hydrogen-bond donors (Lipinski definition) is 1. The first-order valence-electron chi connectivity index (χ1n) is 7.63. The topological polar surface area (TPSA) is 46.5 Å². The highest BCUT2D eigenvalue weighted by Gasteiger charge is 2.40. The summed E-state index contributed by atoms with van der Waals surface area (Å²) in [6, 6.07) is 4.06. The fourth-order valence-corrected chi connectivity index (χ4v) is 5.22. The zero-order chi connectivity index (χ0) is 14.8. The van der Waals surface area contributed by atoms with Gasteiger partial charge in [0, 0.05) is 26.5 Å². The molecule has 4 aliphatic rings. The number of hydrogen-bond acceptors (Lipinski definition) is 3. The maximum atomic E-state index is 12.0. The van der Waals surface area contributed by atoms with Crippen molar-refractivity contribution in [3.8, 4) is 0 Å². The molecule has 1 aromatic carbocycles. The molecule has 1 unspecified atom stereocenters. The van der Waals surface area contributed by atoms with Crippen LogP contribution in [0.25, 0.3) is 5.57 Å². The monoisotopic (exact) mass is 310 g/mol. The Bertz CT molecular complexity index is 829. The fourth-order valence-electron chi connectivity index (χ4n) is 3.86. The zero-order valence-electron chi connectivity index (χ0n) is 11.9. The maximum Gasteiger partial charge on any atom is 0.340 e. The van der Waals surface area contributed by atoms with Gasteiger partial charge in [0.25, 0.3) is 0 Å². The van der Waals surface area contributed by atoms with E-state index in [9.17, 15) is 9.90 Å². The summed E-state index contributed by atoms with van der Waals surface area (Å²) >= 11 is 1.73. The Morgan fingerprint density at radius 3 is 3.00 bits per heavy atom. The number of ether oxygens (including phenoxy) is 1. The molecule has 0 saturated heterocycles. The molecule has 4 heteroatoms. The number of fused-ring (bicyclic) bond motifs is 2. The number of carboxylic acid groups (broad SMARTS) is 1. The third-order valence-electron chi connectivity index (χ3n) is 4.82. The van der Waals surface area contributed by atoms with Crippen molar-refractivity contribution in [2.24, 2.45) is 0 Å². The molecule has 0 fully saturated rings. The van der Waals surface area contributed by atoms with E-state index in [1.165, 1.54) is 11.1 Å². The largest absolute Gasteiger partial charge is 0.484 e. The van der Waals surface area contributed by atoms with E-state index in [4.69, 9.17) is 4.74 Å². The van der Waals surface area contributed by atoms with Crippen molar-refractivity contribution in [1.29, 1.82) is 0 Å². The van der Waals surface area contributed by atoms with Crippen LogP contribution < -0.4 is 0 Å². The van der Waals surface area contributed by atoms with Crippen LogP contribution in [0.5, 0.6) is 0 Å². The lowest BCUT2D eigenvalue weighted by Gasteiger charge is -2.25. The summed E-state index contributed by atoms with van der Waals surface area (Å²) in [5, 5.41) is 9.80. The van der Waals surface area contributed by atoms with Gasteiger partial charge in [-0.05, 0) is 31.2 Å². The first kappa shape index (κ1) is 12.6. The molecule has 3 nitrogen and oxygen atoms in total. The fraction of sp³-hybridized carbons (Fsp3) is 0.278. The molecule has 2 aliphatic heterocycles. The molecule has 1 atom stereocenters. The van der Waals surface area contributed by atoms with E-state index in [1.807, 2.05) is 6.07 Å². The van der Waals surface area contributed by atoms with Gasteiger partial charge in [-0.2, -0.15) is 0 Å². The smallest absolute Gasteiger partial charge is 0.340 e. The van der Waals surface area contributed by atoms with Crippen molar-refractivity contribution in [1.82, 2.24) is 0 Å². The highest BCUT2D eigenvalue weighted by molar-refractivity contribution is 8.03. The van der Waals surface area contributed by atoms with Gasteiger partial charge >= 0.3 is 5.97 Å². The number of aryl methyl sites for hydroxylation is 1. The summed E-state index contributed by atoms with van der Waals surface area (Å²) in [6.07, 6.45) is 8.26. The minimum absolute atomic E-state index is 0.00803. The SMILES string of the molecule is O=C(O)C1=C2OC3CCc4ccc1c(c43)SC1=CCCC=C12. The molecule has 0 saturated carbocycles. The van der Waals surface area contributed by atoms with Gasteiger partial charge in [-0.15, -0.1) is 0 Å². The average Bonchev–Trinajstić information content (AvgIpc) is 2.81. The van der Waals surface area contributed by atoms with Crippen LogP contribution in [-0.4, -0.2) is 11.1 Å². The van der Waals surface area contributed by atoms with Crippen LogP contribution >= 0.6 is 11.8 Å². The summed E-state index contributed by atoms with van der Waals surface area (Å²) in [6.45, 7) is 0. The van der Waals surface area contributed by atoms with Crippen molar-refractivity contribution in [2.45, 2.75) is 36.7 Å². The van der Waals surface area contributed by atoms with E-state index in [-0.39, 0.29) is 6.10 Å². The van der Waals surface area contributed by atoms with Gasteiger partial charge in [0.05, 0.1) is 0 Å². The highest BCUT2D eigenvalue weighted by Crippen LogP contribution is 2.56. The van der Waals surface area contributed by atoms with Gasteiger partial charge < -0.3 is 9.84 Å². The molecule has 0 radical (unpaired) electrons. The average molecular weight is 310 g/mol. The molecule has 0 spiro atoms. The Labute approximate surface area is 132 Å². The normalized spacial score (nSPS) is 24.1. The van der Waals surface area contributed by atoms with Gasteiger partial charge in [0.1, 0.15) is 17.4 Å². The quantitative estimate of drug-likeness (QED) is 0.844. The van der Waals surface area contributed by atoms with Gasteiger partial charge in [-0.25, -0.2) is 4.79 Å². The lowest BCUT2D eigenvalue weighted by Crippen LogP contribution is -2.09. The van der Waals surface area contributed by atoms with Crippen LogP contribution in [0, 0.1) is 0 Å². The van der Waals surface area contributed by atoms with E-state index in [0.717, 1.165) is 46.6 Å². The summed E-state index contributed by atoms with van der Waals surface area (Å²) in [7, 11) is 0. The third-order valence-corrected chi connectivity index (χ3v) is 6.07. The number of carbonyl (C=O) groups is 1. The number of aliphatic carboxylic acids is 1. The maximum absolute atomic E-state index is 12.0. The second kappa shape index (κ2) is 4.29. The predicted molar refractivity (Wildman–Crippen MR) is 84.4 cm³/mol. The van der Waals surface area contributed by atoms with Crippen LogP contribution in [0.15, 0.2) is 45.4 Å². The molecule has 0 amide bonds. The molecular weight excluding hydrogens is 296 g/mol. The summed E-state index contributed by atoms with van der Waals surface area (Å²) < 4.78 is 6.27. The standard InChI is InChI=1S/C18H14O3S/c19-18(20)15-11-7-5-9-6-8-12-14(9)17(11)22-13-4-2-1-3-10(13)16(15)21-12/h3-5,7,12H,1-2,6,8H2,(H,19,20). The molecule has 1 N–H and O–H groups in total. The second-order valence-corrected chi connectivity index (χ2v) is 7.09. The Balaban J connectivity index is 1.91. The van der Waals surface area contributed by atoms with Gasteiger partial charge in [-0.3, -0.25) is 0 Å². The zero-order valence-corrected chi connectivity index (χ0v) is 12.7.